The molecule has 0 fully saturated rings. The summed E-state index contributed by atoms with van der Waals surface area (Å²) in [6.45, 7) is 1.88. The predicted molar refractivity (Wildman–Crippen MR) is 187 cm³/mol. The number of anilines is 2. The number of nitrogens with zero attached hydrogens (tertiary/aromatic N) is 1. The van der Waals surface area contributed by atoms with E-state index in [0.717, 1.165) is 16.2 Å². The van der Waals surface area contributed by atoms with Gasteiger partial charge in [0.05, 0.1) is 19.9 Å². The standard InChI is InChI=1S/C36H32N4O5S2/c1-23-22-46-36(37-23)40-35(43)32(24-11-6-4-7-12-24)47-28-19-17-27(18-20-28)38-34(42)29(39-33(41)25-13-8-5-9-14-25)21-26-15-10-16-30(44-2)31(26)45-3/h4-22,32H,1-3H3,(H,38,42)(H,39,41)(H,37,40,43)/b29-21-. The Bertz CT molecular complexity index is 1880. The van der Waals surface area contributed by atoms with Crippen LogP contribution in [0.5, 0.6) is 11.5 Å². The number of aromatic nitrogens is 1. The highest BCUT2D eigenvalue weighted by molar-refractivity contribution is 8.00. The minimum atomic E-state index is -0.542. The summed E-state index contributed by atoms with van der Waals surface area (Å²) in [6, 6.07) is 30.5. The Morgan fingerprint density at radius 2 is 1.53 bits per heavy atom. The molecule has 1 heterocycles. The van der Waals surface area contributed by atoms with Crippen molar-refractivity contribution in [2.45, 2.75) is 17.1 Å². The van der Waals surface area contributed by atoms with Crippen LogP contribution in [0.15, 0.2) is 119 Å². The van der Waals surface area contributed by atoms with Crippen molar-refractivity contribution in [2.24, 2.45) is 0 Å². The highest BCUT2D eigenvalue weighted by atomic mass is 32.2. The topological polar surface area (TPSA) is 119 Å². The van der Waals surface area contributed by atoms with Crippen molar-refractivity contribution in [2.75, 3.05) is 24.9 Å². The number of hydrogen-bond donors (Lipinski definition) is 3. The minimum absolute atomic E-state index is 0.00194. The fourth-order valence-electron chi connectivity index (χ4n) is 4.56. The number of aryl methyl sites for hydroxylation is 1. The number of para-hydroxylation sites is 1. The normalized spacial score (nSPS) is 11.7. The van der Waals surface area contributed by atoms with Crippen molar-refractivity contribution >= 4 is 57.7 Å². The molecule has 0 saturated heterocycles. The van der Waals surface area contributed by atoms with Gasteiger partial charge in [0.1, 0.15) is 10.9 Å². The summed E-state index contributed by atoms with van der Waals surface area (Å²) in [5, 5.41) is 10.4. The second-order valence-electron chi connectivity index (χ2n) is 10.1. The van der Waals surface area contributed by atoms with Crippen molar-refractivity contribution in [3.8, 4) is 11.5 Å². The zero-order valence-corrected chi connectivity index (χ0v) is 27.5. The van der Waals surface area contributed by atoms with Gasteiger partial charge in [-0.3, -0.25) is 14.4 Å². The van der Waals surface area contributed by atoms with Crippen LogP contribution in [-0.4, -0.2) is 36.9 Å². The molecule has 0 radical (unpaired) electrons. The van der Waals surface area contributed by atoms with Gasteiger partial charge in [0.15, 0.2) is 16.6 Å². The maximum Gasteiger partial charge on any atom is 0.272 e. The van der Waals surface area contributed by atoms with Gasteiger partial charge in [-0.25, -0.2) is 4.98 Å². The first kappa shape index (κ1) is 33.0. The number of rotatable bonds is 12. The maximum atomic E-state index is 13.6. The highest BCUT2D eigenvalue weighted by Crippen LogP contribution is 2.37. The lowest BCUT2D eigenvalue weighted by Gasteiger charge is -2.17. The van der Waals surface area contributed by atoms with Gasteiger partial charge < -0.3 is 25.4 Å². The fourth-order valence-corrected chi connectivity index (χ4v) is 6.27. The van der Waals surface area contributed by atoms with Gasteiger partial charge in [-0.15, -0.1) is 23.1 Å². The zero-order chi connectivity index (χ0) is 33.2. The first-order valence-corrected chi connectivity index (χ1v) is 16.3. The van der Waals surface area contributed by atoms with Crippen LogP contribution in [0.2, 0.25) is 0 Å². The number of hydrogen-bond acceptors (Lipinski definition) is 8. The van der Waals surface area contributed by atoms with Gasteiger partial charge in [0.25, 0.3) is 11.8 Å². The number of thiazole rings is 1. The number of nitrogens with one attached hydrogen (secondary N) is 3. The number of carbonyl (C=O) groups is 3. The molecule has 1 aromatic heterocycles. The third-order valence-electron chi connectivity index (χ3n) is 6.82. The van der Waals surface area contributed by atoms with Crippen molar-refractivity contribution in [3.05, 3.63) is 137 Å². The molecule has 4 aromatic carbocycles. The van der Waals surface area contributed by atoms with Crippen molar-refractivity contribution < 1.29 is 23.9 Å². The predicted octanol–water partition coefficient (Wildman–Crippen LogP) is 7.35. The molecule has 0 aliphatic heterocycles. The number of carbonyl (C=O) groups excluding carboxylic acids is 3. The lowest BCUT2D eigenvalue weighted by Crippen LogP contribution is -2.30. The fraction of sp³-hybridized carbons (Fsp3) is 0.111. The number of benzene rings is 4. The van der Waals surface area contributed by atoms with Gasteiger partial charge in [-0.2, -0.15) is 0 Å². The Morgan fingerprint density at radius 3 is 2.17 bits per heavy atom. The zero-order valence-electron chi connectivity index (χ0n) is 25.9. The van der Waals surface area contributed by atoms with Gasteiger partial charge in [-0.1, -0.05) is 60.7 Å². The summed E-state index contributed by atoms with van der Waals surface area (Å²) < 4.78 is 10.9. The van der Waals surface area contributed by atoms with E-state index < -0.39 is 17.1 Å². The number of ether oxygens (including phenoxy) is 2. The average molecular weight is 665 g/mol. The van der Waals surface area contributed by atoms with Crippen LogP contribution in [0.1, 0.15) is 32.4 Å². The molecule has 238 valence electrons. The molecular weight excluding hydrogens is 633 g/mol. The molecule has 0 saturated carbocycles. The molecule has 0 bridgehead atoms. The molecule has 3 amide bonds. The Hall–Kier alpha value is -5.39. The van der Waals surface area contributed by atoms with Crippen molar-refractivity contribution in [3.63, 3.8) is 0 Å². The molecule has 11 heteroatoms. The summed E-state index contributed by atoms with van der Waals surface area (Å²) in [7, 11) is 3.03. The molecular formula is C36H32N4O5S2. The van der Waals surface area contributed by atoms with Crippen LogP contribution in [-0.2, 0) is 9.59 Å². The molecule has 1 atom stereocenters. The molecule has 5 rings (SSSR count). The van der Waals surface area contributed by atoms with Gasteiger partial charge in [0.2, 0.25) is 5.91 Å². The number of methoxy groups -OCH3 is 2. The third-order valence-corrected chi connectivity index (χ3v) is 8.96. The molecule has 3 N–H and O–H groups in total. The summed E-state index contributed by atoms with van der Waals surface area (Å²) in [4.78, 5) is 45.2. The van der Waals surface area contributed by atoms with E-state index in [-0.39, 0.29) is 11.6 Å². The molecule has 0 spiro atoms. The number of thioether (sulfide) groups is 1. The van der Waals surface area contributed by atoms with Crippen LogP contribution >= 0.6 is 23.1 Å². The van der Waals surface area contributed by atoms with Crippen LogP contribution in [0, 0.1) is 6.92 Å². The van der Waals surface area contributed by atoms with E-state index in [9.17, 15) is 14.4 Å². The van der Waals surface area contributed by atoms with E-state index in [4.69, 9.17) is 9.47 Å². The van der Waals surface area contributed by atoms with Crippen molar-refractivity contribution in [1.29, 1.82) is 0 Å². The Morgan fingerprint density at radius 1 is 0.830 bits per heavy atom. The second-order valence-corrected chi connectivity index (χ2v) is 12.2. The Balaban J connectivity index is 1.36. The largest absolute Gasteiger partial charge is 0.493 e. The van der Waals surface area contributed by atoms with E-state index in [0.29, 0.717) is 33.4 Å². The molecule has 5 aromatic rings. The van der Waals surface area contributed by atoms with Crippen LogP contribution in [0.3, 0.4) is 0 Å². The van der Waals surface area contributed by atoms with Gasteiger partial charge in [-0.05, 0) is 61.0 Å². The Kier molecular flexibility index (Phi) is 11.1. The monoisotopic (exact) mass is 664 g/mol. The van der Waals surface area contributed by atoms with E-state index in [2.05, 4.69) is 20.9 Å². The van der Waals surface area contributed by atoms with Crippen LogP contribution < -0.4 is 25.4 Å². The molecule has 0 aliphatic rings. The van der Waals surface area contributed by atoms with Gasteiger partial charge in [0, 0.05) is 27.1 Å². The minimum Gasteiger partial charge on any atom is -0.493 e. The quantitative estimate of drug-likeness (QED) is 0.0943. The van der Waals surface area contributed by atoms with Crippen molar-refractivity contribution in [1.82, 2.24) is 10.3 Å². The first-order valence-electron chi connectivity index (χ1n) is 14.5. The summed E-state index contributed by atoms with van der Waals surface area (Å²) in [5.41, 5.74) is 3.12. The summed E-state index contributed by atoms with van der Waals surface area (Å²) in [6.07, 6.45) is 1.54. The lowest BCUT2D eigenvalue weighted by atomic mass is 10.1. The SMILES string of the molecule is COc1cccc(/C=C(\NC(=O)c2ccccc2)C(=O)Nc2ccc(SC(C(=O)Nc3nc(C)cs3)c3ccccc3)cc2)c1OC. The van der Waals surface area contributed by atoms with E-state index in [1.807, 2.05) is 54.8 Å². The lowest BCUT2D eigenvalue weighted by molar-refractivity contribution is -0.116. The van der Waals surface area contributed by atoms with Crippen LogP contribution in [0.25, 0.3) is 6.08 Å². The average Bonchev–Trinajstić information content (AvgIpc) is 3.51. The summed E-state index contributed by atoms with van der Waals surface area (Å²) in [5.74, 6) is -0.284. The first-order chi connectivity index (χ1) is 22.8. The molecule has 47 heavy (non-hydrogen) atoms. The Labute approximate surface area is 281 Å². The van der Waals surface area contributed by atoms with Crippen LogP contribution in [0.4, 0.5) is 10.8 Å². The van der Waals surface area contributed by atoms with E-state index in [1.165, 1.54) is 43.4 Å². The summed E-state index contributed by atoms with van der Waals surface area (Å²) >= 11 is 2.76. The third kappa shape index (κ3) is 8.66. The molecule has 9 nitrogen and oxygen atoms in total. The second kappa shape index (κ2) is 15.7. The smallest absolute Gasteiger partial charge is 0.272 e. The maximum absolute atomic E-state index is 13.6. The molecule has 1 unspecified atom stereocenters. The number of amides is 3. The molecule has 0 aliphatic carbocycles. The highest BCUT2D eigenvalue weighted by Gasteiger charge is 2.23. The van der Waals surface area contributed by atoms with E-state index >= 15 is 0 Å². The van der Waals surface area contributed by atoms with E-state index in [1.54, 1.807) is 60.7 Å². The van der Waals surface area contributed by atoms with Gasteiger partial charge >= 0.3 is 0 Å².